The summed E-state index contributed by atoms with van der Waals surface area (Å²) in [4.78, 5) is 20.4. The number of para-hydroxylation sites is 1. The van der Waals surface area contributed by atoms with Crippen molar-refractivity contribution in [3.05, 3.63) is 78.1 Å². The highest BCUT2D eigenvalue weighted by atomic mass is 19.4. The Bertz CT molecular complexity index is 1560. The number of carbonyl (C=O) groups is 1. The van der Waals surface area contributed by atoms with Crippen molar-refractivity contribution in [2.75, 3.05) is 5.73 Å². The summed E-state index contributed by atoms with van der Waals surface area (Å²) in [5, 5.41) is 7.72. The van der Waals surface area contributed by atoms with Crippen LogP contribution in [0.5, 0.6) is 5.75 Å². The van der Waals surface area contributed by atoms with E-state index in [1.54, 1.807) is 48.1 Å². The molecule has 4 N–H and O–H groups in total. The van der Waals surface area contributed by atoms with E-state index in [1.165, 1.54) is 18.2 Å². The third-order valence-electron chi connectivity index (χ3n) is 5.55. The average Bonchev–Trinajstić information content (AvgIpc) is 3.42. The lowest BCUT2D eigenvalue weighted by Crippen LogP contribution is -2.28. The highest BCUT2D eigenvalue weighted by Crippen LogP contribution is 2.32. The van der Waals surface area contributed by atoms with Crippen LogP contribution in [-0.4, -0.2) is 31.9 Å². The van der Waals surface area contributed by atoms with Gasteiger partial charge in [0.1, 0.15) is 5.75 Å². The number of hydrogen-bond donors (Lipinski definition) is 3. The Balaban J connectivity index is 1.48. The molecule has 0 aliphatic carbocycles. The summed E-state index contributed by atoms with van der Waals surface area (Å²) in [6, 6.07) is 13.9. The Hall–Kier alpha value is -4.54. The van der Waals surface area contributed by atoms with Crippen LogP contribution < -0.4 is 15.8 Å². The van der Waals surface area contributed by atoms with Crippen molar-refractivity contribution in [2.45, 2.75) is 19.3 Å². The van der Waals surface area contributed by atoms with E-state index in [0.29, 0.717) is 11.2 Å². The van der Waals surface area contributed by atoms with Crippen molar-refractivity contribution in [2.24, 2.45) is 0 Å². The zero-order valence-corrected chi connectivity index (χ0v) is 18.3. The SMILES string of the molecule is CC(NC(=O)c1cc(-c2ccn3nc(N)nc3c2)c2cc[nH]c2c1)c1ccccc1OC(F)(F)F. The van der Waals surface area contributed by atoms with E-state index in [1.807, 2.05) is 12.1 Å². The van der Waals surface area contributed by atoms with Gasteiger partial charge >= 0.3 is 6.36 Å². The van der Waals surface area contributed by atoms with Crippen LogP contribution in [0.1, 0.15) is 28.9 Å². The topological polar surface area (TPSA) is 110 Å². The minimum atomic E-state index is -4.84. The van der Waals surface area contributed by atoms with Crippen molar-refractivity contribution < 1.29 is 22.7 Å². The van der Waals surface area contributed by atoms with Gasteiger partial charge in [0.15, 0.2) is 5.65 Å². The predicted octanol–water partition coefficient (Wildman–Crippen LogP) is 4.85. The molecule has 5 rings (SSSR count). The molecule has 3 heterocycles. The zero-order valence-electron chi connectivity index (χ0n) is 18.3. The Morgan fingerprint density at radius 1 is 1.17 bits per heavy atom. The first-order chi connectivity index (χ1) is 16.7. The van der Waals surface area contributed by atoms with Gasteiger partial charge in [0.25, 0.3) is 5.91 Å². The molecule has 1 unspecified atom stereocenters. The van der Waals surface area contributed by atoms with Gasteiger partial charge in [0.05, 0.1) is 6.04 Å². The number of aromatic nitrogens is 4. The summed E-state index contributed by atoms with van der Waals surface area (Å²) >= 11 is 0. The minimum absolute atomic E-state index is 0.144. The van der Waals surface area contributed by atoms with Gasteiger partial charge in [-0.3, -0.25) is 4.79 Å². The van der Waals surface area contributed by atoms with E-state index < -0.39 is 18.3 Å². The standard InChI is InChI=1S/C24H19F3N6O2/c1-13(16-4-2-3-5-20(16)35-24(25,26)27)30-22(34)15-10-18(17-6-8-29-19(17)11-15)14-7-9-33-21(12-14)31-23(28)32-33/h2-13,29H,1H3,(H2,28,32)(H,30,34). The van der Waals surface area contributed by atoms with Gasteiger partial charge in [0, 0.05) is 34.4 Å². The number of aromatic amines is 1. The second-order valence-electron chi connectivity index (χ2n) is 7.93. The number of H-pyrrole nitrogens is 1. The zero-order chi connectivity index (χ0) is 24.7. The highest BCUT2D eigenvalue weighted by Gasteiger charge is 2.32. The Labute approximate surface area is 196 Å². The van der Waals surface area contributed by atoms with Gasteiger partial charge in [-0.25, -0.2) is 4.52 Å². The van der Waals surface area contributed by atoms with Gasteiger partial charge in [-0.15, -0.1) is 18.3 Å². The fourth-order valence-corrected chi connectivity index (χ4v) is 4.02. The predicted molar refractivity (Wildman–Crippen MR) is 124 cm³/mol. The maximum Gasteiger partial charge on any atom is 0.573 e. The molecule has 2 aromatic carbocycles. The summed E-state index contributed by atoms with van der Waals surface area (Å²) < 4.78 is 44.1. The second-order valence-corrected chi connectivity index (χ2v) is 7.93. The van der Waals surface area contributed by atoms with E-state index in [2.05, 4.69) is 25.1 Å². The van der Waals surface area contributed by atoms with Gasteiger partial charge < -0.3 is 20.8 Å². The van der Waals surface area contributed by atoms with Crippen molar-refractivity contribution in [1.82, 2.24) is 24.9 Å². The molecule has 0 saturated carbocycles. The number of ether oxygens (including phenoxy) is 1. The lowest BCUT2D eigenvalue weighted by atomic mass is 9.99. The number of nitrogens with zero attached hydrogens (tertiary/aromatic N) is 3. The molecule has 3 aromatic heterocycles. The fraction of sp³-hybridized carbons (Fsp3) is 0.125. The molecule has 178 valence electrons. The molecule has 0 aliphatic heterocycles. The molecular weight excluding hydrogens is 461 g/mol. The van der Waals surface area contributed by atoms with E-state index >= 15 is 0 Å². The maximum atomic E-state index is 13.2. The molecule has 35 heavy (non-hydrogen) atoms. The molecule has 1 amide bonds. The number of alkyl halides is 3. The third-order valence-corrected chi connectivity index (χ3v) is 5.55. The quantitative estimate of drug-likeness (QED) is 0.333. The van der Waals surface area contributed by atoms with Crippen LogP contribution in [0.25, 0.3) is 27.7 Å². The van der Waals surface area contributed by atoms with Crippen LogP contribution in [0.4, 0.5) is 19.1 Å². The van der Waals surface area contributed by atoms with Crippen molar-refractivity contribution in [1.29, 1.82) is 0 Å². The molecule has 0 radical (unpaired) electrons. The monoisotopic (exact) mass is 480 g/mol. The van der Waals surface area contributed by atoms with Gasteiger partial charge in [0.2, 0.25) is 5.95 Å². The molecule has 0 saturated heterocycles. The Morgan fingerprint density at radius 3 is 2.77 bits per heavy atom. The molecular formula is C24H19F3N6O2. The molecule has 0 fully saturated rings. The molecule has 11 heteroatoms. The van der Waals surface area contributed by atoms with E-state index in [9.17, 15) is 18.0 Å². The van der Waals surface area contributed by atoms with Crippen LogP contribution in [0.2, 0.25) is 0 Å². The maximum absolute atomic E-state index is 13.2. The normalized spacial score (nSPS) is 12.7. The van der Waals surface area contributed by atoms with Crippen molar-refractivity contribution in [3.8, 4) is 16.9 Å². The number of rotatable bonds is 5. The van der Waals surface area contributed by atoms with Crippen molar-refractivity contribution >= 4 is 28.4 Å². The molecule has 0 bridgehead atoms. The molecule has 0 spiro atoms. The number of nitrogen functional groups attached to an aromatic ring is 1. The molecule has 8 nitrogen and oxygen atoms in total. The minimum Gasteiger partial charge on any atom is -0.405 e. The first-order valence-corrected chi connectivity index (χ1v) is 10.6. The van der Waals surface area contributed by atoms with Crippen LogP contribution in [0.15, 0.2) is 67.0 Å². The number of pyridine rings is 1. The van der Waals surface area contributed by atoms with Crippen LogP contribution in [0.3, 0.4) is 0 Å². The van der Waals surface area contributed by atoms with E-state index in [4.69, 9.17) is 5.73 Å². The molecule has 1 atom stereocenters. The number of benzene rings is 2. The highest BCUT2D eigenvalue weighted by molar-refractivity contribution is 6.04. The summed E-state index contributed by atoms with van der Waals surface area (Å²) in [7, 11) is 0. The fourth-order valence-electron chi connectivity index (χ4n) is 4.02. The first kappa shape index (κ1) is 22.3. The lowest BCUT2D eigenvalue weighted by molar-refractivity contribution is -0.275. The van der Waals surface area contributed by atoms with Crippen LogP contribution in [-0.2, 0) is 0 Å². The number of nitrogens with one attached hydrogen (secondary N) is 2. The number of hydrogen-bond acceptors (Lipinski definition) is 5. The number of nitrogens with two attached hydrogens (primary N) is 1. The number of anilines is 1. The Morgan fingerprint density at radius 2 is 1.97 bits per heavy atom. The van der Waals surface area contributed by atoms with Gasteiger partial charge in [-0.05, 0) is 54.4 Å². The largest absolute Gasteiger partial charge is 0.573 e. The van der Waals surface area contributed by atoms with Crippen LogP contribution >= 0.6 is 0 Å². The third kappa shape index (κ3) is 4.47. The number of fused-ring (bicyclic) bond motifs is 2. The molecule has 0 aliphatic rings. The average molecular weight is 480 g/mol. The molecule has 5 aromatic rings. The van der Waals surface area contributed by atoms with Gasteiger partial charge in [-0.2, -0.15) is 4.98 Å². The number of amides is 1. The second kappa shape index (κ2) is 8.35. The summed E-state index contributed by atoms with van der Waals surface area (Å²) in [5.74, 6) is -0.676. The smallest absolute Gasteiger partial charge is 0.405 e. The van der Waals surface area contributed by atoms with Gasteiger partial charge in [-0.1, -0.05) is 18.2 Å². The summed E-state index contributed by atoms with van der Waals surface area (Å²) in [5.41, 5.74) is 9.05. The van der Waals surface area contributed by atoms with E-state index in [-0.39, 0.29) is 17.3 Å². The first-order valence-electron chi connectivity index (χ1n) is 10.6. The lowest BCUT2D eigenvalue weighted by Gasteiger charge is -2.19. The number of halogens is 3. The summed E-state index contributed by atoms with van der Waals surface area (Å²) in [6.45, 7) is 1.59. The number of carbonyl (C=O) groups excluding carboxylic acids is 1. The van der Waals surface area contributed by atoms with E-state index in [0.717, 1.165) is 22.0 Å². The van der Waals surface area contributed by atoms with Crippen LogP contribution in [0, 0.1) is 0 Å². The van der Waals surface area contributed by atoms with Crippen molar-refractivity contribution in [3.63, 3.8) is 0 Å². The summed E-state index contributed by atoms with van der Waals surface area (Å²) in [6.07, 6.45) is -1.36. The Kier molecular flexibility index (Phi) is 5.31.